The Labute approximate surface area is 125 Å². The molecule has 0 bridgehead atoms. The summed E-state index contributed by atoms with van der Waals surface area (Å²) in [7, 11) is 0. The Hall–Kier alpha value is -2.42. The van der Waals surface area contributed by atoms with Gasteiger partial charge < -0.3 is 0 Å². The third kappa shape index (κ3) is 4.88. The van der Waals surface area contributed by atoms with Crippen LogP contribution in [-0.4, -0.2) is 12.1 Å². The van der Waals surface area contributed by atoms with Crippen LogP contribution in [0, 0.1) is 0 Å². The zero-order valence-corrected chi connectivity index (χ0v) is 12.3. The summed E-state index contributed by atoms with van der Waals surface area (Å²) in [5.41, 5.74) is 5.67. The molecule has 0 aliphatic rings. The van der Waals surface area contributed by atoms with Crippen LogP contribution in [0.1, 0.15) is 34.8 Å². The molecule has 1 amide bonds. The highest BCUT2D eigenvalue weighted by Crippen LogP contribution is 2.05. The molecule has 2 rings (SSSR count). The molecule has 0 aliphatic carbocycles. The van der Waals surface area contributed by atoms with Crippen molar-refractivity contribution in [3.05, 3.63) is 71.3 Å². The van der Waals surface area contributed by atoms with Gasteiger partial charge in [0.05, 0.1) is 0 Å². The second-order valence-electron chi connectivity index (χ2n) is 4.83. The molecule has 0 aliphatic heterocycles. The van der Waals surface area contributed by atoms with Crippen molar-refractivity contribution < 1.29 is 4.79 Å². The summed E-state index contributed by atoms with van der Waals surface area (Å²) in [6.45, 7) is 2.09. The Bertz CT molecular complexity index is 588. The smallest absolute Gasteiger partial charge is 0.267 e. The van der Waals surface area contributed by atoms with E-state index in [0.29, 0.717) is 5.56 Å². The molecular formula is C18H20N2O. The molecule has 0 saturated carbocycles. The lowest BCUT2D eigenvalue weighted by Gasteiger charge is -2.01. The molecule has 0 unspecified atom stereocenters. The van der Waals surface area contributed by atoms with Gasteiger partial charge in [0.25, 0.3) is 5.91 Å². The van der Waals surface area contributed by atoms with Gasteiger partial charge >= 0.3 is 0 Å². The molecule has 2 aromatic carbocycles. The molecular weight excluding hydrogens is 260 g/mol. The quantitative estimate of drug-likeness (QED) is 0.637. The number of nitrogens with one attached hydrogen (secondary N) is 1. The summed E-state index contributed by atoms with van der Waals surface area (Å²) in [5, 5.41) is 3.98. The van der Waals surface area contributed by atoms with Gasteiger partial charge in [-0.25, -0.2) is 5.43 Å². The van der Waals surface area contributed by atoms with Crippen molar-refractivity contribution in [1.82, 2.24) is 5.43 Å². The van der Waals surface area contributed by atoms with Gasteiger partial charge in [-0.3, -0.25) is 4.79 Å². The van der Waals surface area contributed by atoms with Gasteiger partial charge in [-0.15, -0.1) is 0 Å². The molecule has 3 heteroatoms. The lowest BCUT2D eigenvalue weighted by atomic mass is 10.1. The van der Waals surface area contributed by atoms with E-state index in [-0.39, 0.29) is 5.91 Å². The molecule has 0 aromatic heterocycles. The Morgan fingerprint density at radius 3 is 2.43 bits per heavy atom. The molecule has 0 radical (unpaired) electrons. The first-order valence-electron chi connectivity index (χ1n) is 7.24. The molecule has 108 valence electrons. The summed E-state index contributed by atoms with van der Waals surface area (Å²) in [5.74, 6) is -0.173. The number of hydrogen-bond donors (Lipinski definition) is 1. The van der Waals surface area contributed by atoms with Crippen molar-refractivity contribution in [2.24, 2.45) is 5.10 Å². The minimum atomic E-state index is -0.173. The van der Waals surface area contributed by atoms with Crippen LogP contribution in [0.25, 0.3) is 0 Å². The minimum absolute atomic E-state index is 0.173. The number of nitrogens with zero attached hydrogens (tertiary/aromatic N) is 1. The lowest BCUT2D eigenvalue weighted by Crippen LogP contribution is -2.17. The minimum Gasteiger partial charge on any atom is -0.267 e. The van der Waals surface area contributed by atoms with Gasteiger partial charge in [-0.1, -0.05) is 49.4 Å². The van der Waals surface area contributed by atoms with Crippen molar-refractivity contribution in [3.8, 4) is 0 Å². The Morgan fingerprint density at radius 2 is 1.76 bits per heavy atom. The first-order chi connectivity index (χ1) is 10.3. The fourth-order valence-electron chi connectivity index (χ4n) is 2.00. The van der Waals surface area contributed by atoms with E-state index in [2.05, 4.69) is 29.6 Å². The van der Waals surface area contributed by atoms with Gasteiger partial charge in [0, 0.05) is 11.8 Å². The first kappa shape index (κ1) is 15.0. The highest BCUT2D eigenvalue weighted by atomic mass is 16.2. The molecule has 3 nitrogen and oxygen atoms in total. The van der Waals surface area contributed by atoms with Gasteiger partial charge in [-0.2, -0.15) is 5.10 Å². The second kappa shape index (κ2) is 8.00. The average molecular weight is 280 g/mol. The zero-order chi connectivity index (χ0) is 14.9. The van der Waals surface area contributed by atoms with Gasteiger partial charge in [0.15, 0.2) is 0 Å². The van der Waals surface area contributed by atoms with Crippen LogP contribution in [0.15, 0.2) is 59.7 Å². The molecule has 0 atom stereocenters. The van der Waals surface area contributed by atoms with E-state index in [1.54, 1.807) is 6.21 Å². The number of hydrazone groups is 1. The third-order valence-corrected chi connectivity index (χ3v) is 3.29. The van der Waals surface area contributed by atoms with Crippen LogP contribution in [-0.2, 0) is 12.8 Å². The number of hydrogen-bond acceptors (Lipinski definition) is 2. The molecule has 1 N–H and O–H groups in total. The standard InChI is InChI=1S/C18H20N2O/c1-2-15-10-12-17(13-11-15)18(21)20-19-14-6-9-16-7-4-3-5-8-16/h3-5,7-8,10-14H,2,6,9H2,1H3,(H,20,21)/b19-14-. The lowest BCUT2D eigenvalue weighted by molar-refractivity contribution is 0.0955. The molecule has 0 saturated heterocycles. The maximum absolute atomic E-state index is 11.9. The number of aryl methyl sites for hydroxylation is 2. The fourth-order valence-corrected chi connectivity index (χ4v) is 2.00. The van der Waals surface area contributed by atoms with Crippen molar-refractivity contribution in [2.75, 3.05) is 0 Å². The van der Waals surface area contributed by atoms with Crippen molar-refractivity contribution in [3.63, 3.8) is 0 Å². The number of carbonyl (C=O) groups excluding carboxylic acids is 1. The predicted molar refractivity (Wildman–Crippen MR) is 86.5 cm³/mol. The average Bonchev–Trinajstić information content (AvgIpc) is 2.55. The van der Waals surface area contributed by atoms with Crippen LogP contribution < -0.4 is 5.43 Å². The number of carbonyl (C=O) groups is 1. The third-order valence-electron chi connectivity index (χ3n) is 3.29. The highest BCUT2D eigenvalue weighted by molar-refractivity contribution is 5.94. The van der Waals surface area contributed by atoms with E-state index < -0.39 is 0 Å². The molecule has 2 aromatic rings. The van der Waals surface area contributed by atoms with Crippen LogP contribution in [0.3, 0.4) is 0 Å². The van der Waals surface area contributed by atoms with Crippen molar-refractivity contribution in [2.45, 2.75) is 26.2 Å². The fraction of sp³-hybridized carbons (Fsp3) is 0.222. The number of rotatable bonds is 6. The van der Waals surface area contributed by atoms with Crippen LogP contribution in [0.5, 0.6) is 0 Å². The molecule has 0 fully saturated rings. The van der Waals surface area contributed by atoms with E-state index >= 15 is 0 Å². The van der Waals surface area contributed by atoms with Crippen LogP contribution >= 0.6 is 0 Å². The maximum Gasteiger partial charge on any atom is 0.271 e. The predicted octanol–water partition coefficient (Wildman–Crippen LogP) is 3.60. The Kier molecular flexibility index (Phi) is 5.71. The van der Waals surface area contributed by atoms with Crippen LogP contribution in [0.4, 0.5) is 0 Å². The van der Waals surface area contributed by atoms with E-state index in [1.165, 1.54) is 11.1 Å². The molecule has 0 heterocycles. The summed E-state index contributed by atoms with van der Waals surface area (Å²) in [4.78, 5) is 11.9. The largest absolute Gasteiger partial charge is 0.271 e. The summed E-state index contributed by atoms with van der Waals surface area (Å²) < 4.78 is 0. The molecule has 21 heavy (non-hydrogen) atoms. The maximum atomic E-state index is 11.9. The normalized spacial score (nSPS) is 10.7. The Morgan fingerprint density at radius 1 is 1.05 bits per heavy atom. The monoisotopic (exact) mass is 280 g/mol. The van der Waals surface area contributed by atoms with E-state index in [1.807, 2.05) is 42.5 Å². The van der Waals surface area contributed by atoms with Crippen molar-refractivity contribution in [1.29, 1.82) is 0 Å². The summed E-state index contributed by atoms with van der Waals surface area (Å²) >= 11 is 0. The van der Waals surface area contributed by atoms with Crippen molar-refractivity contribution >= 4 is 12.1 Å². The number of benzene rings is 2. The van der Waals surface area contributed by atoms with Gasteiger partial charge in [0.1, 0.15) is 0 Å². The Balaban J connectivity index is 1.76. The SMILES string of the molecule is CCc1ccc(C(=O)N/N=C\CCc2ccccc2)cc1. The summed E-state index contributed by atoms with van der Waals surface area (Å²) in [6.07, 6.45) is 4.44. The van der Waals surface area contributed by atoms with E-state index in [0.717, 1.165) is 19.3 Å². The van der Waals surface area contributed by atoms with Crippen LogP contribution in [0.2, 0.25) is 0 Å². The van der Waals surface area contributed by atoms with Gasteiger partial charge in [-0.05, 0) is 42.5 Å². The van der Waals surface area contributed by atoms with Gasteiger partial charge in [0.2, 0.25) is 0 Å². The first-order valence-corrected chi connectivity index (χ1v) is 7.24. The van der Waals surface area contributed by atoms with E-state index in [9.17, 15) is 4.79 Å². The summed E-state index contributed by atoms with van der Waals surface area (Å²) in [6, 6.07) is 17.8. The van der Waals surface area contributed by atoms with E-state index in [4.69, 9.17) is 0 Å². The topological polar surface area (TPSA) is 41.5 Å². The highest BCUT2D eigenvalue weighted by Gasteiger charge is 2.02. The molecule has 0 spiro atoms. The zero-order valence-electron chi connectivity index (χ0n) is 12.3. The second-order valence-corrected chi connectivity index (χ2v) is 4.83. The number of amides is 1.